The maximum absolute atomic E-state index is 9.80. The first-order valence-electron chi connectivity index (χ1n) is 6.25. The van der Waals surface area contributed by atoms with Crippen molar-refractivity contribution in [3.63, 3.8) is 0 Å². The molecule has 1 saturated heterocycles. The Kier molecular flexibility index (Phi) is 3.49. The molecule has 0 amide bonds. The summed E-state index contributed by atoms with van der Waals surface area (Å²) in [5.41, 5.74) is 3.76. The predicted molar refractivity (Wildman–Crippen MR) is 67.1 cm³/mol. The lowest BCUT2D eigenvalue weighted by atomic mass is 9.86. The first-order chi connectivity index (χ1) is 7.72. The van der Waals surface area contributed by atoms with E-state index in [1.54, 1.807) is 0 Å². The Morgan fingerprint density at radius 1 is 1.31 bits per heavy atom. The van der Waals surface area contributed by atoms with Gasteiger partial charge in [0, 0.05) is 0 Å². The Morgan fingerprint density at radius 3 is 2.62 bits per heavy atom. The van der Waals surface area contributed by atoms with Gasteiger partial charge in [-0.3, -0.25) is 0 Å². The topological polar surface area (TPSA) is 32.3 Å². The molecular weight excluding hydrogens is 198 g/mol. The van der Waals surface area contributed by atoms with Crippen LogP contribution in [-0.4, -0.2) is 18.2 Å². The number of benzene rings is 1. The average molecular weight is 219 g/mol. The summed E-state index contributed by atoms with van der Waals surface area (Å²) >= 11 is 0. The Morgan fingerprint density at radius 2 is 2.00 bits per heavy atom. The molecule has 0 aliphatic carbocycles. The molecule has 1 aromatic rings. The van der Waals surface area contributed by atoms with Crippen molar-refractivity contribution in [2.45, 2.75) is 39.0 Å². The highest BCUT2D eigenvalue weighted by Crippen LogP contribution is 2.32. The minimum atomic E-state index is 0.456. The number of hydrogen-bond donors (Lipinski definition) is 2. The number of aromatic hydroxyl groups is 1. The summed E-state index contributed by atoms with van der Waals surface area (Å²) < 4.78 is 0. The van der Waals surface area contributed by atoms with Crippen molar-refractivity contribution in [2.75, 3.05) is 13.1 Å². The molecule has 0 bridgehead atoms. The Labute approximate surface area is 97.7 Å². The number of aryl methyl sites for hydroxylation is 2. The van der Waals surface area contributed by atoms with E-state index in [2.05, 4.69) is 25.2 Å². The molecule has 0 saturated carbocycles. The van der Waals surface area contributed by atoms with Crippen LogP contribution in [0.4, 0.5) is 0 Å². The van der Waals surface area contributed by atoms with E-state index in [0.717, 1.165) is 25.1 Å². The molecule has 2 N–H and O–H groups in total. The Hall–Kier alpha value is -1.02. The van der Waals surface area contributed by atoms with Crippen LogP contribution in [0.2, 0.25) is 0 Å². The average Bonchev–Trinajstić information content (AvgIpc) is 2.30. The summed E-state index contributed by atoms with van der Waals surface area (Å²) in [6.45, 7) is 6.44. The van der Waals surface area contributed by atoms with Crippen LogP contribution in [0.25, 0.3) is 0 Å². The van der Waals surface area contributed by atoms with Crippen molar-refractivity contribution in [3.8, 4) is 5.75 Å². The van der Waals surface area contributed by atoms with E-state index in [1.165, 1.54) is 24.0 Å². The molecule has 1 aromatic carbocycles. The molecule has 1 aliphatic heterocycles. The molecule has 1 aliphatic rings. The van der Waals surface area contributed by atoms with Gasteiger partial charge >= 0.3 is 0 Å². The largest absolute Gasteiger partial charge is 0.508 e. The van der Waals surface area contributed by atoms with Crippen molar-refractivity contribution < 1.29 is 5.11 Å². The molecule has 16 heavy (non-hydrogen) atoms. The minimum Gasteiger partial charge on any atom is -0.508 e. The lowest BCUT2D eigenvalue weighted by Crippen LogP contribution is -2.27. The summed E-state index contributed by atoms with van der Waals surface area (Å²) in [7, 11) is 0. The Bertz CT molecular complexity index is 367. The molecule has 0 spiro atoms. The molecule has 1 heterocycles. The van der Waals surface area contributed by atoms with Crippen LogP contribution in [0, 0.1) is 6.92 Å². The highest BCUT2D eigenvalue weighted by atomic mass is 16.3. The van der Waals surface area contributed by atoms with Crippen LogP contribution in [0.1, 0.15) is 42.4 Å². The zero-order valence-electron chi connectivity index (χ0n) is 10.2. The fourth-order valence-corrected chi connectivity index (χ4v) is 2.61. The number of hydrogen-bond acceptors (Lipinski definition) is 2. The number of nitrogens with one attached hydrogen (secondary N) is 1. The first-order valence-corrected chi connectivity index (χ1v) is 6.25. The smallest absolute Gasteiger partial charge is 0.119 e. The maximum atomic E-state index is 9.80. The number of phenols is 1. The van der Waals surface area contributed by atoms with Crippen molar-refractivity contribution in [1.29, 1.82) is 0 Å². The second-order valence-corrected chi connectivity index (χ2v) is 4.72. The van der Waals surface area contributed by atoms with Crippen molar-refractivity contribution in [3.05, 3.63) is 28.8 Å². The number of piperidine rings is 1. The van der Waals surface area contributed by atoms with E-state index in [9.17, 15) is 5.11 Å². The summed E-state index contributed by atoms with van der Waals surface area (Å²) in [4.78, 5) is 0. The molecule has 0 aromatic heterocycles. The van der Waals surface area contributed by atoms with Gasteiger partial charge in [-0.15, -0.1) is 0 Å². The zero-order chi connectivity index (χ0) is 11.5. The molecule has 2 rings (SSSR count). The third kappa shape index (κ3) is 2.22. The fourth-order valence-electron chi connectivity index (χ4n) is 2.61. The third-order valence-electron chi connectivity index (χ3n) is 3.63. The summed E-state index contributed by atoms with van der Waals surface area (Å²) in [5, 5.41) is 13.2. The normalized spacial score (nSPS) is 17.6. The summed E-state index contributed by atoms with van der Waals surface area (Å²) in [5.74, 6) is 1.13. The second-order valence-electron chi connectivity index (χ2n) is 4.72. The van der Waals surface area contributed by atoms with E-state index < -0.39 is 0 Å². The van der Waals surface area contributed by atoms with Gasteiger partial charge in [-0.2, -0.15) is 0 Å². The van der Waals surface area contributed by atoms with Crippen molar-refractivity contribution >= 4 is 0 Å². The van der Waals surface area contributed by atoms with Gasteiger partial charge in [0.25, 0.3) is 0 Å². The summed E-state index contributed by atoms with van der Waals surface area (Å²) in [6, 6.07) is 4.14. The van der Waals surface area contributed by atoms with Crippen LogP contribution in [0.3, 0.4) is 0 Å². The molecule has 0 atom stereocenters. The van der Waals surface area contributed by atoms with E-state index in [1.807, 2.05) is 6.07 Å². The Balaban J connectivity index is 2.31. The SMILES string of the molecule is CCc1cc(C2CCNCC2)c(C)cc1O. The molecule has 2 heteroatoms. The highest BCUT2D eigenvalue weighted by molar-refractivity contribution is 5.43. The van der Waals surface area contributed by atoms with Gasteiger partial charge in [0.05, 0.1) is 0 Å². The molecule has 0 unspecified atom stereocenters. The van der Waals surface area contributed by atoms with Gasteiger partial charge in [0.1, 0.15) is 5.75 Å². The maximum Gasteiger partial charge on any atom is 0.119 e. The van der Waals surface area contributed by atoms with Crippen LogP contribution in [-0.2, 0) is 6.42 Å². The van der Waals surface area contributed by atoms with E-state index in [0.29, 0.717) is 11.7 Å². The van der Waals surface area contributed by atoms with Gasteiger partial charge in [-0.05, 0) is 68.0 Å². The van der Waals surface area contributed by atoms with Crippen molar-refractivity contribution in [2.24, 2.45) is 0 Å². The van der Waals surface area contributed by atoms with Crippen LogP contribution in [0.5, 0.6) is 5.75 Å². The molecule has 1 fully saturated rings. The quantitative estimate of drug-likeness (QED) is 0.801. The van der Waals surface area contributed by atoms with Gasteiger partial charge in [-0.25, -0.2) is 0 Å². The monoisotopic (exact) mass is 219 g/mol. The minimum absolute atomic E-state index is 0.456. The van der Waals surface area contributed by atoms with Gasteiger partial charge in [0.15, 0.2) is 0 Å². The van der Waals surface area contributed by atoms with Gasteiger partial charge in [0.2, 0.25) is 0 Å². The highest BCUT2D eigenvalue weighted by Gasteiger charge is 2.18. The van der Waals surface area contributed by atoms with Crippen molar-refractivity contribution in [1.82, 2.24) is 5.32 Å². The fraction of sp³-hybridized carbons (Fsp3) is 0.571. The second kappa shape index (κ2) is 4.88. The first kappa shape index (κ1) is 11.5. The molecular formula is C14H21NO. The molecule has 2 nitrogen and oxygen atoms in total. The number of phenolic OH excluding ortho intramolecular Hbond substituents is 1. The van der Waals surface area contributed by atoms with E-state index >= 15 is 0 Å². The molecule has 0 radical (unpaired) electrons. The van der Waals surface area contributed by atoms with E-state index in [4.69, 9.17) is 0 Å². The summed E-state index contributed by atoms with van der Waals surface area (Å²) in [6.07, 6.45) is 3.34. The van der Waals surface area contributed by atoms with Gasteiger partial charge in [-0.1, -0.05) is 13.0 Å². The number of rotatable bonds is 2. The van der Waals surface area contributed by atoms with Crippen LogP contribution in [0.15, 0.2) is 12.1 Å². The molecule has 88 valence electrons. The van der Waals surface area contributed by atoms with E-state index in [-0.39, 0.29) is 0 Å². The third-order valence-corrected chi connectivity index (χ3v) is 3.63. The van der Waals surface area contributed by atoms with Crippen LogP contribution >= 0.6 is 0 Å². The van der Waals surface area contributed by atoms with Crippen LogP contribution < -0.4 is 5.32 Å². The zero-order valence-corrected chi connectivity index (χ0v) is 10.2. The van der Waals surface area contributed by atoms with Gasteiger partial charge < -0.3 is 10.4 Å². The predicted octanol–water partition coefficient (Wildman–Crippen LogP) is 2.73. The lowest BCUT2D eigenvalue weighted by Gasteiger charge is -2.25. The standard InChI is InChI=1S/C14H21NO/c1-3-11-9-13(10(2)8-14(11)16)12-4-6-15-7-5-12/h8-9,12,15-16H,3-7H2,1-2H3. The lowest BCUT2D eigenvalue weighted by molar-refractivity contribution is 0.453.